The summed E-state index contributed by atoms with van der Waals surface area (Å²) in [6.07, 6.45) is 0.407. The predicted octanol–water partition coefficient (Wildman–Crippen LogP) is 4.21. The lowest BCUT2D eigenvalue weighted by atomic mass is 10.0. The molecule has 0 bridgehead atoms. The Hall–Kier alpha value is -4.33. The van der Waals surface area contributed by atoms with E-state index < -0.39 is 0 Å². The highest BCUT2D eigenvalue weighted by Gasteiger charge is 2.23. The van der Waals surface area contributed by atoms with Gasteiger partial charge in [0.2, 0.25) is 11.7 Å². The number of rotatable bonds is 7. The molecule has 1 aromatic heterocycles. The molecule has 5 rings (SSSR count). The number of amides is 1. The number of piperazine rings is 1. The number of hydrogen-bond donors (Lipinski definition) is 0. The Balaban J connectivity index is 1.24. The lowest BCUT2D eigenvalue weighted by Crippen LogP contribution is -2.49. The van der Waals surface area contributed by atoms with Crippen molar-refractivity contribution in [2.24, 2.45) is 0 Å². The first-order chi connectivity index (χ1) is 18.1. The molecule has 4 aromatic rings. The molecule has 0 aliphatic carbocycles. The van der Waals surface area contributed by atoms with Gasteiger partial charge in [0, 0.05) is 31.7 Å². The van der Waals surface area contributed by atoms with Crippen LogP contribution in [0, 0.1) is 0 Å². The van der Waals surface area contributed by atoms with E-state index in [4.69, 9.17) is 14.2 Å². The van der Waals surface area contributed by atoms with Crippen molar-refractivity contribution in [3.8, 4) is 28.5 Å². The average Bonchev–Trinajstić information content (AvgIpc) is 2.96. The van der Waals surface area contributed by atoms with E-state index in [1.54, 1.807) is 21.3 Å². The van der Waals surface area contributed by atoms with Gasteiger partial charge in [-0.1, -0.05) is 42.5 Å². The van der Waals surface area contributed by atoms with Crippen molar-refractivity contribution in [1.82, 2.24) is 15.1 Å². The van der Waals surface area contributed by atoms with E-state index in [1.807, 2.05) is 53.4 Å². The van der Waals surface area contributed by atoms with Gasteiger partial charge in [-0.15, -0.1) is 10.2 Å². The molecule has 0 saturated carbocycles. The summed E-state index contributed by atoms with van der Waals surface area (Å²) < 4.78 is 16.3. The Morgan fingerprint density at radius 3 is 2.16 bits per heavy atom. The maximum Gasteiger partial charge on any atom is 0.227 e. The number of aromatic nitrogens is 2. The molecule has 8 heteroatoms. The fraction of sp³-hybridized carbons (Fsp3) is 0.276. The van der Waals surface area contributed by atoms with Crippen LogP contribution in [0.3, 0.4) is 0 Å². The minimum Gasteiger partial charge on any atom is -0.493 e. The first-order valence-electron chi connectivity index (χ1n) is 12.2. The number of benzene rings is 3. The molecule has 37 heavy (non-hydrogen) atoms. The third kappa shape index (κ3) is 5.00. The van der Waals surface area contributed by atoms with Gasteiger partial charge in [-0.2, -0.15) is 0 Å². The molecule has 8 nitrogen and oxygen atoms in total. The molecule has 0 atom stereocenters. The summed E-state index contributed by atoms with van der Waals surface area (Å²) in [7, 11) is 4.75. The number of anilines is 1. The molecule has 190 valence electrons. The van der Waals surface area contributed by atoms with Crippen molar-refractivity contribution >= 4 is 22.5 Å². The van der Waals surface area contributed by atoms with E-state index in [9.17, 15) is 4.79 Å². The minimum atomic E-state index is 0.153. The summed E-state index contributed by atoms with van der Waals surface area (Å²) in [5.74, 6) is 2.60. The second kappa shape index (κ2) is 10.7. The fourth-order valence-corrected chi connectivity index (χ4v) is 4.78. The molecular formula is C29H30N4O4. The lowest BCUT2D eigenvalue weighted by Gasteiger charge is -2.35. The molecule has 0 N–H and O–H groups in total. The quantitative estimate of drug-likeness (QED) is 0.378. The SMILES string of the molecule is COc1cc(-c2ccc(N3CCN(C(=O)Cc4cccc5ccccc45)CC3)nn2)cc(OC)c1OC. The van der Waals surface area contributed by atoms with E-state index in [0.29, 0.717) is 55.5 Å². The Kier molecular flexibility index (Phi) is 7.07. The van der Waals surface area contributed by atoms with Gasteiger partial charge in [-0.3, -0.25) is 4.79 Å². The number of nitrogens with zero attached hydrogens (tertiary/aromatic N) is 4. The van der Waals surface area contributed by atoms with Crippen LogP contribution < -0.4 is 19.1 Å². The van der Waals surface area contributed by atoms with E-state index in [0.717, 1.165) is 27.7 Å². The van der Waals surface area contributed by atoms with Crippen molar-refractivity contribution in [2.45, 2.75) is 6.42 Å². The Morgan fingerprint density at radius 1 is 0.811 bits per heavy atom. The summed E-state index contributed by atoms with van der Waals surface area (Å²) in [5.41, 5.74) is 2.59. The van der Waals surface area contributed by atoms with Gasteiger partial charge in [-0.05, 0) is 40.6 Å². The Labute approximate surface area is 216 Å². The fourth-order valence-electron chi connectivity index (χ4n) is 4.78. The summed E-state index contributed by atoms with van der Waals surface area (Å²) in [6.45, 7) is 2.72. The maximum absolute atomic E-state index is 13.1. The third-order valence-corrected chi connectivity index (χ3v) is 6.79. The third-order valence-electron chi connectivity index (χ3n) is 6.79. The minimum absolute atomic E-state index is 0.153. The molecule has 1 amide bonds. The van der Waals surface area contributed by atoms with E-state index in [-0.39, 0.29) is 5.91 Å². The van der Waals surface area contributed by atoms with Crippen molar-refractivity contribution < 1.29 is 19.0 Å². The van der Waals surface area contributed by atoms with Gasteiger partial charge < -0.3 is 24.0 Å². The number of methoxy groups -OCH3 is 3. The highest BCUT2D eigenvalue weighted by atomic mass is 16.5. The van der Waals surface area contributed by atoms with Gasteiger partial charge in [0.25, 0.3) is 0 Å². The van der Waals surface area contributed by atoms with E-state index >= 15 is 0 Å². The monoisotopic (exact) mass is 498 g/mol. The highest BCUT2D eigenvalue weighted by Crippen LogP contribution is 2.40. The highest BCUT2D eigenvalue weighted by molar-refractivity contribution is 5.90. The molecule has 1 fully saturated rings. The topological polar surface area (TPSA) is 77.0 Å². The van der Waals surface area contributed by atoms with Crippen LogP contribution >= 0.6 is 0 Å². The molecular weight excluding hydrogens is 468 g/mol. The summed E-state index contributed by atoms with van der Waals surface area (Å²) in [6, 6.07) is 21.9. The Morgan fingerprint density at radius 2 is 1.51 bits per heavy atom. The normalized spacial score (nSPS) is 13.5. The van der Waals surface area contributed by atoms with Crippen molar-refractivity contribution in [3.63, 3.8) is 0 Å². The molecule has 0 unspecified atom stereocenters. The molecule has 0 radical (unpaired) electrons. The molecule has 1 aliphatic rings. The zero-order valence-electron chi connectivity index (χ0n) is 21.3. The number of hydrogen-bond acceptors (Lipinski definition) is 7. The standard InChI is InChI=1S/C29H30N4O4/c1-35-25-17-22(18-26(36-2)29(25)37-3)24-11-12-27(31-30-24)32-13-15-33(16-14-32)28(34)19-21-9-6-8-20-7-4-5-10-23(20)21/h4-12,17-18H,13-16,19H2,1-3H3. The van der Waals surface area contributed by atoms with Crippen molar-refractivity contribution in [2.75, 3.05) is 52.4 Å². The largest absolute Gasteiger partial charge is 0.493 e. The van der Waals surface area contributed by atoms with Gasteiger partial charge in [-0.25, -0.2) is 0 Å². The number of carbonyl (C=O) groups is 1. The van der Waals surface area contributed by atoms with Crippen LogP contribution in [0.2, 0.25) is 0 Å². The van der Waals surface area contributed by atoms with E-state index in [1.165, 1.54) is 0 Å². The zero-order chi connectivity index (χ0) is 25.8. The van der Waals surface area contributed by atoms with Gasteiger partial charge >= 0.3 is 0 Å². The van der Waals surface area contributed by atoms with E-state index in [2.05, 4.69) is 33.3 Å². The van der Waals surface area contributed by atoms with Gasteiger partial charge in [0.15, 0.2) is 17.3 Å². The summed E-state index contributed by atoms with van der Waals surface area (Å²) >= 11 is 0. The van der Waals surface area contributed by atoms with Crippen LogP contribution in [0.4, 0.5) is 5.82 Å². The average molecular weight is 499 g/mol. The second-order valence-electron chi connectivity index (χ2n) is 8.87. The molecule has 2 heterocycles. The first kappa shape index (κ1) is 24.4. The van der Waals surface area contributed by atoms with Crippen LogP contribution in [-0.4, -0.2) is 68.5 Å². The summed E-state index contributed by atoms with van der Waals surface area (Å²) in [4.78, 5) is 17.2. The summed E-state index contributed by atoms with van der Waals surface area (Å²) in [5, 5.41) is 11.2. The molecule has 1 aliphatic heterocycles. The Bertz CT molecular complexity index is 1370. The number of carbonyl (C=O) groups excluding carboxylic acids is 1. The van der Waals surface area contributed by atoms with Gasteiger partial charge in [0.1, 0.15) is 0 Å². The van der Waals surface area contributed by atoms with Crippen molar-refractivity contribution in [1.29, 1.82) is 0 Å². The predicted molar refractivity (Wildman–Crippen MR) is 144 cm³/mol. The van der Waals surface area contributed by atoms with Crippen LogP contribution in [0.25, 0.3) is 22.0 Å². The zero-order valence-corrected chi connectivity index (χ0v) is 21.3. The second-order valence-corrected chi connectivity index (χ2v) is 8.87. The molecule has 0 spiro atoms. The van der Waals surface area contributed by atoms with Gasteiger partial charge in [0.05, 0.1) is 33.4 Å². The molecule has 1 saturated heterocycles. The van der Waals surface area contributed by atoms with Crippen LogP contribution in [-0.2, 0) is 11.2 Å². The van der Waals surface area contributed by atoms with Crippen molar-refractivity contribution in [3.05, 3.63) is 72.3 Å². The maximum atomic E-state index is 13.1. The van der Waals surface area contributed by atoms with Crippen LogP contribution in [0.1, 0.15) is 5.56 Å². The van der Waals surface area contributed by atoms with Crippen LogP contribution in [0.5, 0.6) is 17.2 Å². The number of ether oxygens (including phenoxy) is 3. The number of fused-ring (bicyclic) bond motifs is 1. The molecule has 3 aromatic carbocycles. The van der Waals surface area contributed by atoms with Crippen LogP contribution in [0.15, 0.2) is 66.7 Å². The smallest absolute Gasteiger partial charge is 0.227 e. The first-order valence-corrected chi connectivity index (χ1v) is 12.2. The lowest BCUT2D eigenvalue weighted by molar-refractivity contribution is -0.130.